The van der Waals surface area contributed by atoms with Crippen LogP contribution in [0.15, 0.2) is 61.1 Å². The Balaban J connectivity index is 1.46. The molecule has 1 unspecified atom stereocenters. The zero-order chi connectivity index (χ0) is 24.4. The minimum Gasteiger partial charge on any atom is -0.350 e. The van der Waals surface area contributed by atoms with E-state index in [4.69, 9.17) is 23.2 Å². The van der Waals surface area contributed by atoms with Gasteiger partial charge >= 0.3 is 0 Å². The number of hydrogen-bond acceptors (Lipinski definition) is 4. The molecular formula is C27H27Cl2N5O. The van der Waals surface area contributed by atoms with Crippen molar-refractivity contribution in [2.45, 2.75) is 32.2 Å². The predicted octanol–water partition coefficient (Wildman–Crippen LogP) is 5.99. The van der Waals surface area contributed by atoms with E-state index in [1.165, 1.54) is 6.42 Å². The van der Waals surface area contributed by atoms with E-state index in [2.05, 4.69) is 32.3 Å². The molecule has 2 aromatic heterocycles. The van der Waals surface area contributed by atoms with E-state index >= 15 is 0 Å². The molecule has 1 aliphatic rings. The molecule has 0 saturated carbocycles. The van der Waals surface area contributed by atoms with Gasteiger partial charge in [0, 0.05) is 35.5 Å². The van der Waals surface area contributed by atoms with Crippen LogP contribution in [0.25, 0.3) is 16.9 Å². The van der Waals surface area contributed by atoms with Crippen LogP contribution in [-0.4, -0.2) is 45.0 Å². The maximum Gasteiger partial charge on any atom is 0.253 e. The van der Waals surface area contributed by atoms with Gasteiger partial charge in [0.1, 0.15) is 0 Å². The van der Waals surface area contributed by atoms with Crippen LogP contribution in [0.3, 0.4) is 0 Å². The lowest BCUT2D eigenvalue weighted by Gasteiger charge is -2.35. The van der Waals surface area contributed by atoms with Gasteiger partial charge in [-0.1, -0.05) is 47.8 Å². The lowest BCUT2D eigenvalue weighted by atomic mass is 9.99. The number of nitrogens with zero attached hydrogens (tertiary/aromatic N) is 4. The van der Waals surface area contributed by atoms with Crippen LogP contribution in [0, 0.1) is 6.92 Å². The van der Waals surface area contributed by atoms with Crippen LogP contribution in [0.2, 0.25) is 10.0 Å². The number of fused-ring (bicyclic) bond motifs is 1. The third-order valence-corrected chi connectivity index (χ3v) is 7.38. The largest absolute Gasteiger partial charge is 0.350 e. The lowest BCUT2D eigenvalue weighted by Crippen LogP contribution is -2.40. The third-order valence-electron chi connectivity index (χ3n) is 6.65. The fraction of sp³-hybridized carbons (Fsp3) is 0.296. The SMILES string of the molecule is Cc1cc(C(CNC(=O)c2cn(-c3ncccn3)c3cccc(Cl)c23)N2CCCCC2)ccc1Cl. The summed E-state index contributed by atoms with van der Waals surface area (Å²) in [6.45, 7) is 4.52. The van der Waals surface area contributed by atoms with Crippen LogP contribution in [0.1, 0.15) is 46.8 Å². The van der Waals surface area contributed by atoms with Crippen molar-refractivity contribution in [1.29, 1.82) is 0 Å². The standard InChI is InChI=1S/C27H27Cl2N5O/c1-18-15-19(9-10-21(18)28)24(33-13-3-2-4-14-33)16-32-26(35)20-17-34(27-30-11-6-12-31-27)23-8-5-7-22(29)25(20)23/h5-12,15,17,24H,2-4,13-14,16H2,1H3,(H,32,35). The van der Waals surface area contributed by atoms with Gasteiger partial charge in [-0.05, 0) is 68.2 Å². The van der Waals surface area contributed by atoms with Crippen molar-refractivity contribution in [3.8, 4) is 5.95 Å². The van der Waals surface area contributed by atoms with Crippen molar-refractivity contribution in [3.05, 3.63) is 87.8 Å². The molecule has 1 amide bonds. The molecule has 5 rings (SSSR count). The summed E-state index contributed by atoms with van der Waals surface area (Å²) in [6, 6.07) is 13.5. The van der Waals surface area contributed by atoms with E-state index in [1.807, 2.05) is 25.1 Å². The molecule has 1 saturated heterocycles. The van der Waals surface area contributed by atoms with E-state index in [0.29, 0.717) is 28.5 Å². The molecule has 6 nitrogen and oxygen atoms in total. The fourth-order valence-electron chi connectivity index (χ4n) is 4.84. The van der Waals surface area contributed by atoms with Gasteiger partial charge in [-0.25, -0.2) is 9.97 Å². The second kappa shape index (κ2) is 10.4. The summed E-state index contributed by atoms with van der Waals surface area (Å²) in [5.74, 6) is 0.312. The maximum absolute atomic E-state index is 13.5. The summed E-state index contributed by atoms with van der Waals surface area (Å²) in [6.07, 6.45) is 8.69. The molecule has 1 atom stereocenters. The topological polar surface area (TPSA) is 63.1 Å². The fourth-order valence-corrected chi connectivity index (χ4v) is 5.23. The molecule has 1 fully saturated rings. The first kappa shape index (κ1) is 23.8. The molecule has 4 aromatic rings. The molecule has 1 aliphatic heterocycles. The number of likely N-dealkylation sites (tertiary alicyclic amines) is 1. The van der Waals surface area contributed by atoms with E-state index in [-0.39, 0.29) is 11.9 Å². The molecular weight excluding hydrogens is 481 g/mol. The average Bonchev–Trinajstić information content (AvgIpc) is 3.28. The quantitative estimate of drug-likeness (QED) is 0.348. The Kier molecular flexibility index (Phi) is 7.04. The third kappa shape index (κ3) is 4.92. The Morgan fingerprint density at radius 2 is 1.80 bits per heavy atom. The summed E-state index contributed by atoms with van der Waals surface area (Å²) in [5, 5.41) is 5.15. The number of halogens is 2. The molecule has 180 valence electrons. The summed E-state index contributed by atoms with van der Waals surface area (Å²) in [7, 11) is 0. The number of amides is 1. The maximum atomic E-state index is 13.5. The first-order chi connectivity index (χ1) is 17.0. The second-order valence-corrected chi connectivity index (χ2v) is 9.74. The van der Waals surface area contributed by atoms with Gasteiger partial charge in [0.25, 0.3) is 5.91 Å². The van der Waals surface area contributed by atoms with Crippen LogP contribution >= 0.6 is 23.2 Å². The molecule has 2 aromatic carbocycles. The highest BCUT2D eigenvalue weighted by Crippen LogP contribution is 2.31. The number of aromatic nitrogens is 3. The van der Waals surface area contributed by atoms with Gasteiger partial charge in [0.2, 0.25) is 5.95 Å². The number of benzene rings is 2. The minimum absolute atomic E-state index is 0.0662. The van der Waals surface area contributed by atoms with Gasteiger partial charge in [0.15, 0.2) is 0 Å². The van der Waals surface area contributed by atoms with E-state index in [9.17, 15) is 4.79 Å². The molecule has 35 heavy (non-hydrogen) atoms. The zero-order valence-electron chi connectivity index (χ0n) is 19.5. The predicted molar refractivity (Wildman–Crippen MR) is 141 cm³/mol. The Bertz CT molecular complexity index is 1350. The highest BCUT2D eigenvalue weighted by Gasteiger charge is 2.25. The van der Waals surface area contributed by atoms with Crippen molar-refractivity contribution in [2.24, 2.45) is 0 Å². The van der Waals surface area contributed by atoms with Gasteiger partial charge < -0.3 is 5.32 Å². The smallest absolute Gasteiger partial charge is 0.253 e. The Morgan fingerprint density at radius 3 is 2.54 bits per heavy atom. The molecule has 0 spiro atoms. The van der Waals surface area contributed by atoms with Gasteiger partial charge in [-0.2, -0.15) is 0 Å². The van der Waals surface area contributed by atoms with Gasteiger partial charge in [0.05, 0.1) is 22.1 Å². The van der Waals surface area contributed by atoms with Gasteiger partial charge in [-0.15, -0.1) is 0 Å². The average molecular weight is 508 g/mol. The highest BCUT2D eigenvalue weighted by molar-refractivity contribution is 6.37. The lowest BCUT2D eigenvalue weighted by molar-refractivity contribution is 0.0926. The first-order valence-electron chi connectivity index (χ1n) is 11.9. The zero-order valence-corrected chi connectivity index (χ0v) is 21.1. The number of hydrogen-bond donors (Lipinski definition) is 1. The van der Waals surface area contributed by atoms with Crippen molar-refractivity contribution in [2.75, 3.05) is 19.6 Å². The molecule has 1 N–H and O–H groups in total. The van der Waals surface area contributed by atoms with Crippen LogP contribution in [0.5, 0.6) is 0 Å². The van der Waals surface area contributed by atoms with Crippen LogP contribution < -0.4 is 5.32 Å². The highest BCUT2D eigenvalue weighted by atomic mass is 35.5. The Labute approximate surface area is 214 Å². The number of carbonyl (C=O) groups excluding carboxylic acids is 1. The molecule has 0 aliphatic carbocycles. The summed E-state index contributed by atoms with van der Waals surface area (Å²) >= 11 is 12.9. The van der Waals surface area contributed by atoms with E-state index in [1.54, 1.807) is 35.3 Å². The number of carbonyl (C=O) groups is 1. The second-order valence-electron chi connectivity index (χ2n) is 8.93. The Morgan fingerprint density at radius 1 is 1.03 bits per heavy atom. The minimum atomic E-state index is -0.175. The van der Waals surface area contributed by atoms with Crippen molar-refractivity contribution >= 4 is 40.0 Å². The summed E-state index contributed by atoms with van der Waals surface area (Å²) < 4.78 is 1.81. The number of rotatable bonds is 6. The van der Waals surface area contributed by atoms with E-state index < -0.39 is 0 Å². The number of piperidine rings is 1. The van der Waals surface area contributed by atoms with E-state index in [0.717, 1.165) is 47.6 Å². The molecule has 3 heterocycles. The molecule has 8 heteroatoms. The summed E-state index contributed by atoms with van der Waals surface area (Å²) in [4.78, 5) is 24.7. The normalized spacial score (nSPS) is 15.3. The van der Waals surface area contributed by atoms with Crippen molar-refractivity contribution in [3.63, 3.8) is 0 Å². The monoisotopic (exact) mass is 507 g/mol. The number of nitrogens with one attached hydrogen (secondary N) is 1. The number of aryl methyl sites for hydroxylation is 1. The molecule has 0 radical (unpaired) electrons. The Hall–Kier alpha value is -2.93. The van der Waals surface area contributed by atoms with Crippen molar-refractivity contribution < 1.29 is 4.79 Å². The van der Waals surface area contributed by atoms with Crippen LogP contribution in [-0.2, 0) is 0 Å². The van der Waals surface area contributed by atoms with Crippen LogP contribution in [0.4, 0.5) is 0 Å². The van der Waals surface area contributed by atoms with Gasteiger partial charge in [-0.3, -0.25) is 14.3 Å². The molecule has 0 bridgehead atoms. The first-order valence-corrected chi connectivity index (χ1v) is 12.6. The summed E-state index contributed by atoms with van der Waals surface area (Å²) in [5.41, 5.74) is 3.49. The van der Waals surface area contributed by atoms with Crippen molar-refractivity contribution in [1.82, 2.24) is 24.8 Å².